The number of carbonyl (C=O) groups is 1. The Morgan fingerprint density at radius 1 is 1.33 bits per heavy atom. The highest BCUT2D eigenvalue weighted by molar-refractivity contribution is 5.92. The quantitative estimate of drug-likeness (QED) is 0.923. The van der Waals surface area contributed by atoms with Gasteiger partial charge in [0.25, 0.3) is 0 Å². The minimum atomic E-state index is -0.346. The predicted octanol–water partition coefficient (Wildman–Crippen LogP) is 3.22. The van der Waals surface area contributed by atoms with E-state index in [9.17, 15) is 9.18 Å². The van der Waals surface area contributed by atoms with Crippen LogP contribution in [0.5, 0.6) is 0 Å². The molecule has 1 aromatic carbocycles. The standard InChI is InChI=1S/C17H23FN2O/c1-4-14(11(2)3)20-15(12-5-7-13(18)8-6-12)19-17(9-10-17)16(20)21/h5-8,11,14-15,19H,4,9-10H2,1-3H3. The maximum Gasteiger partial charge on any atom is 0.244 e. The number of rotatable bonds is 4. The zero-order valence-electron chi connectivity index (χ0n) is 12.9. The molecule has 1 amide bonds. The first kappa shape index (κ1) is 14.5. The van der Waals surface area contributed by atoms with E-state index in [0.29, 0.717) is 5.92 Å². The molecule has 0 bridgehead atoms. The third-order valence-electron chi connectivity index (χ3n) is 4.82. The van der Waals surface area contributed by atoms with Gasteiger partial charge in [0.15, 0.2) is 0 Å². The lowest BCUT2D eigenvalue weighted by atomic mass is 9.98. The molecule has 2 atom stereocenters. The third-order valence-corrected chi connectivity index (χ3v) is 4.82. The molecule has 3 rings (SSSR count). The minimum Gasteiger partial charge on any atom is -0.318 e. The van der Waals surface area contributed by atoms with Gasteiger partial charge in [0.05, 0.1) is 0 Å². The van der Waals surface area contributed by atoms with Crippen molar-refractivity contribution in [3.05, 3.63) is 35.6 Å². The summed E-state index contributed by atoms with van der Waals surface area (Å²) in [7, 11) is 0. The molecule has 2 fully saturated rings. The van der Waals surface area contributed by atoms with E-state index < -0.39 is 0 Å². The highest BCUT2D eigenvalue weighted by Crippen LogP contribution is 2.47. The largest absolute Gasteiger partial charge is 0.318 e. The molecule has 1 N–H and O–H groups in total. The van der Waals surface area contributed by atoms with E-state index in [0.717, 1.165) is 24.8 Å². The van der Waals surface area contributed by atoms with Gasteiger partial charge in [0.2, 0.25) is 5.91 Å². The predicted molar refractivity (Wildman–Crippen MR) is 80.0 cm³/mol. The second-order valence-corrected chi connectivity index (χ2v) is 6.61. The summed E-state index contributed by atoms with van der Waals surface area (Å²) in [5.41, 5.74) is 0.620. The molecule has 0 aromatic heterocycles. The molecular weight excluding hydrogens is 267 g/mol. The van der Waals surface area contributed by atoms with E-state index in [2.05, 4.69) is 26.1 Å². The first-order chi connectivity index (χ1) is 9.98. The summed E-state index contributed by atoms with van der Waals surface area (Å²) in [4.78, 5) is 14.8. The minimum absolute atomic E-state index is 0.132. The Hall–Kier alpha value is -1.42. The summed E-state index contributed by atoms with van der Waals surface area (Å²) >= 11 is 0. The van der Waals surface area contributed by atoms with E-state index >= 15 is 0 Å². The Morgan fingerprint density at radius 2 is 1.95 bits per heavy atom. The molecule has 0 radical (unpaired) electrons. The summed E-state index contributed by atoms with van der Waals surface area (Å²) in [5.74, 6) is 0.377. The zero-order valence-corrected chi connectivity index (χ0v) is 12.9. The first-order valence-corrected chi connectivity index (χ1v) is 7.84. The van der Waals surface area contributed by atoms with Crippen molar-refractivity contribution >= 4 is 5.91 Å². The second-order valence-electron chi connectivity index (χ2n) is 6.61. The number of nitrogens with one attached hydrogen (secondary N) is 1. The number of nitrogens with zero attached hydrogens (tertiary/aromatic N) is 1. The van der Waals surface area contributed by atoms with Crippen LogP contribution in [-0.4, -0.2) is 22.4 Å². The fraction of sp³-hybridized carbons (Fsp3) is 0.588. The summed E-state index contributed by atoms with van der Waals surface area (Å²) in [6.07, 6.45) is 2.62. The Labute approximate surface area is 125 Å². The van der Waals surface area contributed by atoms with Gasteiger partial charge in [0, 0.05) is 6.04 Å². The molecule has 1 spiro atoms. The number of hydrogen-bond donors (Lipinski definition) is 1. The van der Waals surface area contributed by atoms with Crippen LogP contribution in [0.2, 0.25) is 0 Å². The molecule has 3 nitrogen and oxygen atoms in total. The van der Waals surface area contributed by atoms with Crippen molar-refractivity contribution in [2.24, 2.45) is 5.92 Å². The molecule has 1 aromatic rings. The van der Waals surface area contributed by atoms with Crippen LogP contribution in [0.25, 0.3) is 0 Å². The number of halogens is 1. The van der Waals surface area contributed by atoms with Gasteiger partial charge in [-0.1, -0.05) is 32.9 Å². The average molecular weight is 290 g/mol. The molecule has 1 saturated heterocycles. The molecular formula is C17H23FN2O. The molecule has 1 heterocycles. The number of carbonyl (C=O) groups excluding carboxylic acids is 1. The van der Waals surface area contributed by atoms with Crippen molar-refractivity contribution in [3.8, 4) is 0 Å². The van der Waals surface area contributed by atoms with Gasteiger partial charge in [-0.25, -0.2) is 4.39 Å². The van der Waals surface area contributed by atoms with Crippen LogP contribution in [0.1, 0.15) is 51.8 Å². The normalized spacial score (nSPS) is 24.9. The molecule has 2 unspecified atom stereocenters. The maximum absolute atomic E-state index is 13.2. The number of amides is 1. The van der Waals surface area contributed by atoms with Gasteiger partial charge in [-0.3, -0.25) is 10.1 Å². The van der Waals surface area contributed by atoms with Crippen LogP contribution in [0, 0.1) is 11.7 Å². The van der Waals surface area contributed by atoms with Crippen molar-refractivity contribution in [1.29, 1.82) is 0 Å². The lowest BCUT2D eigenvalue weighted by molar-refractivity contribution is -0.134. The lowest BCUT2D eigenvalue weighted by Crippen LogP contribution is -2.43. The monoisotopic (exact) mass is 290 g/mol. The van der Waals surface area contributed by atoms with Gasteiger partial charge in [0.1, 0.15) is 17.5 Å². The molecule has 1 aliphatic heterocycles. The highest BCUT2D eigenvalue weighted by Gasteiger charge is 2.60. The van der Waals surface area contributed by atoms with Crippen molar-refractivity contribution < 1.29 is 9.18 Å². The summed E-state index contributed by atoms with van der Waals surface area (Å²) < 4.78 is 13.2. The Kier molecular flexibility index (Phi) is 3.52. The first-order valence-electron chi connectivity index (χ1n) is 7.84. The molecule has 1 saturated carbocycles. The summed E-state index contributed by atoms with van der Waals surface area (Å²) in [5, 5.41) is 3.50. The van der Waals surface area contributed by atoms with Crippen molar-refractivity contribution in [3.63, 3.8) is 0 Å². The number of hydrogen-bond acceptors (Lipinski definition) is 2. The van der Waals surface area contributed by atoms with Crippen LogP contribution in [-0.2, 0) is 4.79 Å². The SMILES string of the molecule is CCC(C(C)C)N1C(=O)C2(CC2)NC1c1ccc(F)cc1. The van der Waals surface area contributed by atoms with E-state index in [1.807, 2.05) is 4.90 Å². The summed E-state index contributed by atoms with van der Waals surface area (Å²) in [6, 6.07) is 6.70. The van der Waals surface area contributed by atoms with Crippen LogP contribution >= 0.6 is 0 Å². The molecule has 4 heteroatoms. The topological polar surface area (TPSA) is 32.3 Å². The van der Waals surface area contributed by atoms with Crippen molar-refractivity contribution in [2.45, 2.75) is 57.8 Å². The highest BCUT2D eigenvalue weighted by atomic mass is 19.1. The Morgan fingerprint density at radius 3 is 2.43 bits per heavy atom. The van der Waals surface area contributed by atoms with Crippen LogP contribution in [0.4, 0.5) is 4.39 Å². The van der Waals surface area contributed by atoms with Gasteiger partial charge in [-0.2, -0.15) is 0 Å². The maximum atomic E-state index is 13.2. The van der Waals surface area contributed by atoms with Gasteiger partial charge in [-0.15, -0.1) is 0 Å². The smallest absolute Gasteiger partial charge is 0.244 e. The molecule has 21 heavy (non-hydrogen) atoms. The third kappa shape index (κ3) is 2.35. The van der Waals surface area contributed by atoms with Gasteiger partial charge < -0.3 is 4.90 Å². The second kappa shape index (κ2) is 5.09. The van der Waals surface area contributed by atoms with Crippen LogP contribution < -0.4 is 5.32 Å². The van der Waals surface area contributed by atoms with Gasteiger partial charge in [-0.05, 0) is 42.9 Å². The molecule has 114 valence electrons. The lowest BCUT2D eigenvalue weighted by Gasteiger charge is -2.35. The van der Waals surface area contributed by atoms with E-state index in [4.69, 9.17) is 0 Å². The van der Waals surface area contributed by atoms with Crippen molar-refractivity contribution in [2.75, 3.05) is 0 Å². The number of benzene rings is 1. The van der Waals surface area contributed by atoms with E-state index in [-0.39, 0.29) is 29.5 Å². The Balaban J connectivity index is 1.96. The zero-order chi connectivity index (χ0) is 15.2. The van der Waals surface area contributed by atoms with E-state index in [1.54, 1.807) is 12.1 Å². The van der Waals surface area contributed by atoms with Crippen LogP contribution in [0.15, 0.2) is 24.3 Å². The average Bonchev–Trinajstić information content (AvgIpc) is 3.18. The fourth-order valence-corrected chi connectivity index (χ4v) is 3.46. The van der Waals surface area contributed by atoms with Crippen LogP contribution in [0.3, 0.4) is 0 Å². The van der Waals surface area contributed by atoms with E-state index in [1.165, 1.54) is 12.1 Å². The van der Waals surface area contributed by atoms with Crippen molar-refractivity contribution in [1.82, 2.24) is 10.2 Å². The molecule has 1 aliphatic carbocycles. The summed E-state index contributed by atoms with van der Waals surface area (Å²) in [6.45, 7) is 6.43. The Bertz CT molecular complexity index is 536. The molecule has 2 aliphatic rings. The fourth-order valence-electron chi connectivity index (χ4n) is 3.46. The van der Waals surface area contributed by atoms with Gasteiger partial charge >= 0.3 is 0 Å².